The summed E-state index contributed by atoms with van der Waals surface area (Å²) in [6, 6.07) is 69.2. The van der Waals surface area contributed by atoms with Crippen LogP contribution in [0.4, 0.5) is 0 Å². The highest BCUT2D eigenvalue weighted by molar-refractivity contribution is 6.36. The summed E-state index contributed by atoms with van der Waals surface area (Å²) in [6.07, 6.45) is 0. The number of hydrogen-bond donors (Lipinski definition) is 0. The van der Waals surface area contributed by atoms with Gasteiger partial charge >= 0.3 is 0 Å². The molecule has 0 unspecified atom stereocenters. The molecule has 264 valence electrons. The molecule has 0 N–H and O–H groups in total. The van der Waals surface area contributed by atoms with Gasteiger partial charge in [0.1, 0.15) is 0 Å². The zero-order valence-corrected chi connectivity index (χ0v) is 30.8. The van der Waals surface area contributed by atoms with E-state index < -0.39 is 0 Å². The molecule has 0 atom stereocenters. The van der Waals surface area contributed by atoms with E-state index in [4.69, 9.17) is 15.0 Å². The number of rotatable bonds is 4. The average Bonchev–Trinajstić information content (AvgIpc) is 3.64. The molecule has 2 aromatic heterocycles. The average molecular weight is 725 g/mol. The van der Waals surface area contributed by atoms with Gasteiger partial charge in [-0.25, -0.2) is 15.0 Å². The monoisotopic (exact) mass is 724 g/mol. The molecule has 10 aromatic carbocycles. The molecule has 0 aliphatic carbocycles. The first-order valence-corrected chi connectivity index (χ1v) is 19.4. The number of nitrogens with zero attached hydrogens (tertiary/aromatic N) is 4. The fourth-order valence-corrected chi connectivity index (χ4v) is 9.05. The zero-order valence-electron chi connectivity index (χ0n) is 30.8. The van der Waals surface area contributed by atoms with Gasteiger partial charge in [0.15, 0.2) is 17.5 Å². The van der Waals surface area contributed by atoms with Crippen molar-refractivity contribution in [3.8, 4) is 39.9 Å². The van der Waals surface area contributed by atoms with Crippen molar-refractivity contribution in [2.45, 2.75) is 0 Å². The standard InChI is InChI=1S/C53H32N4/c1-4-18-38-33(13-1)16-11-24-44(38)52-54-51(55-53(56-52)45-25-12-17-34-14-2-5-19-39(34)45)36-27-30-37(31-28-36)57-47-26-10-9-23-46(47)49-48-40-20-6-3-15-35(40)29-32-42(48)41-21-7-8-22-43(41)50(49)57/h1-32H. The molecule has 0 fully saturated rings. The second-order valence-corrected chi connectivity index (χ2v) is 14.7. The molecule has 0 amide bonds. The van der Waals surface area contributed by atoms with Crippen LogP contribution in [0.15, 0.2) is 194 Å². The minimum absolute atomic E-state index is 0.632. The lowest BCUT2D eigenvalue weighted by atomic mass is 9.93. The molecule has 2 heterocycles. The quantitative estimate of drug-likeness (QED) is 0.170. The van der Waals surface area contributed by atoms with Gasteiger partial charge in [0.05, 0.1) is 11.0 Å². The lowest BCUT2D eigenvalue weighted by molar-refractivity contribution is 1.08. The number of fused-ring (bicyclic) bond motifs is 12. The molecule has 0 bridgehead atoms. The molecule has 0 saturated heterocycles. The first-order chi connectivity index (χ1) is 28.3. The van der Waals surface area contributed by atoms with Crippen molar-refractivity contribution in [1.82, 2.24) is 19.5 Å². The van der Waals surface area contributed by atoms with Crippen LogP contribution in [0.1, 0.15) is 0 Å². The lowest BCUT2D eigenvalue weighted by Gasteiger charge is -2.14. The molecule has 0 aliphatic heterocycles. The van der Waals surface area contributed by atoms with Crippen molar-refractivity contribution >= 4 is 75.7 Å². The molecule has 0 saturated carbocycles. The smallest absolute Gasteiger partial charge is 0.164 e. The second-order valence-electron chi connectivity index (χ2n) is 14.7. The Hall–Kier alpha value is -7.69. The highest BCUT2D eigenvalue weighted by atomic mass is 15.0. The maximum atomic E-state index is 5.20. The van der Waals surface area contributed by atoms with Crippen LogP contribution in [0.2, 0.25) is 0 Å². The maximum Gasteiger partial charge on any atom is 0.164 e. The van der Waals surface area contributed by atoms with Gasteiger partial charge < -0.3 is 4.57 Å². The summed E-state index contributed by atoms with van der Waals surface area (Å²) in [7, 11) is 0. The Labute approximate surface area is 328 Å². The fourth-order valence-electron chi connectivity index (χ4n) is 9.05. The summed E-state index contributed by atoms with van der Waals surface area (Å²) < 4.78 is 2.44. The highest BCUT2D eigenvalue weighted by Gasteiger charge is 2.21. The van der Waals surface area contributed by atoms with Crippen molar-refractivity contribution in [3.63, 3.8) is 0 Å². The van der Waals surface area contributed by atoms with Gasteiger partial charge in [-0.3, -0.25) is 0 Å². The molecule has 4 nitrogen and oxygen atoms in total. The summed E-state index contributed by atoms with van der Waals surface area (Å²) in [5.41, 5.74) is 6.33. The second kappa shape index (κ2) is 12.4. The Kier molecular flexibility index (Phi) is 6.89. The van der Waals surface area contributed by atoms with E-state index in [0.717, 1.165) is 43.9 Å². The molecule has 4 heteroatoms. The van der Waals surface area contributed by atoms with E-state index in [2.05, 4.69) is 199 Å². The third-order valence-electron chi connectivity index (χ3n) is 11.6. The Bertz CT molecular complexity index is 3470. The van der Waals surface area contributed by atoms with Crippen molar-refractivity contribution in [1.29, 1.82) is 0 Å². The van der Waals surface area contributed by atoms with Crippen molar-refractivity contribution in [2.24, 2.45) is 0 Å². The number of benzene rings is 10. The Morgan fingerprint density at radius 1 is 0.298 bits per heavy atom. The molecule has 12 aromatic rings. The Balaban J connectivity index is 1.10. The van der Waals surface area contributed by atoms with Gasteiger partial charge in [0, 0.05) is 43.9 Å². The van der Waals surface area contributed by atoms with Gasteiger partial charge in [-0.05, 0) is 73.4 Å². The Morgan fingerprint density at radius 3 is 1.44 bits per heavy atom. The van der Waals surface area contributed by atoms with Crippen molar-refractivity contribution in [3.05, 3.63) is 194 Å². The molecular formula is C53H32N4. The molecular weight excluding hydrogens is 693 g/mol. The van der Waals surface area contributed by atoms with Gasteiger partial charge in [0.25, 0.3) is 0 Å². The van der Waals surface area contributed by atoms with Gasteiger partial charge in [-0.15, -0.1) is 0 Å². The van der Waals surface area contributed by atoms with Crippen molar-refractivity contribution < 1.29 is 0 Å². The van der Waals surface area contributed by atoms with Crippen LogP contribution in [-0.2, 0) is 0 Å². The largest absolute Gasteiger partial charge is 0.309 e. The van der Waals surface area contributed by atoms with Crippen LogP contribution in [-0.4, -0.2) is 19.5 Å². The predicted octanol–water partition coefficient (Wildman–Crippen LogP) is 13.7. The van der Waals surface area contributed by atoms with Crippen LogP contribution >= 0.6 is 0 Å². The molecule has 0 radical (unpaired) electrons. The van der Waals surface area contributed by atoms with Crippen LogP contribution in [0.25, 0.3) is 116 Å². The zero-order chi connectivity index (χ0) is 37.5. The van der Waals surface area contributed by atoms with Gasteiger partial charge in [-0.1, -0.05) is 164 Å². The third kappa shape index (κ3) is 4.84. The number of aromatic nitrogens is 4. The minimum atomic E-state index is 0.632. The molecule has 12 rings (SSSR count). The first-order valence-electron chi connectivity index (χ1n) is 19.4. The van der Waals surface area contributed by atoms with E-state index in [1.807, 2.05) is 0 Å². The molecule has 0 spiro atoms. The third-order valence-corrected chi connectivity index (χ3v) is 11.6. The van der Waals surface area contributed by atoms with E-state index in [1.165, 1.54) is 54.1 Å². The fraction of sp³-hybridized carbons (Fsp3) is 0. The van der Waals surface area contributed by atoms with Crippen LogP contribution < -0.4 is 0 Å². The topological polar surface area (TPSA) is 43.6 Å². The van der Waals surface area contributed by atoms with Crippen LogP contribution in [0, 0.1) is 0 Å². The van der Waals surface area contributed by atoms with Crippen LogP contribution in [0.5, 0.6) is 0 Å². The van der Waals surface area contributed by atoms with E-state index >= 15 is 0 Å². The normalized spacial score (nSPS) is 11.9. The predicted molar refractivity (Wildman–Crippen MR) is 238 cm³/mol. The summed E-state index contributed by atoms with van der Waals surface area (Å²) in [4.78, 5) is 15.6. The van der Waals surface area contributed by atoms with Gasteiger partial charge in [-0.2, -0.15) is 0 Å². The highest BCUT2D eigenvalue weighted by Crippen LogP contribution is 2.45. The van der Waals surface area contributed by atoms with Crippen molar-refractivity contribution in [2.75, 3.05) is 0 Å². The maximum absolute atomic E-state index is 5.20. The Morgan fingerprint density at radius 2 is 0.789 bits per heavy atom. The number of para-hydroxylation sites is 1. The minimum Gasteiger partial charge on any atom is -0.309 e. The molecule has 0 aliphatic rings. The van der Waals surface area contributed by atoms with Gasteiger partial charge in [0.2, 0.25) is 0 Å². The lowest BCUT2D eigenvalue weighted by Crippen LogP contribution is -2.01. The SMILES string of the molecule is c1ccc2c(-c3nc(-c4ccc(-n5c6ccccc6c6c7c8ccccc8ccc7c7ccccc7c65)cc4)nc(-c4cccc5ccccc45)n3)cccc2c1. The van der Waals surface area contributed by atoms with E-state index in [9.17, 15) is 0 Å². The summed E-state index contributed by atoms with van der Waals surface area (Å²) in [5.74, 6) is 1.93. The number of hydrogen-bond acceptors (Lipinski definition) is 3. The van der Waals surface area contributed by atoms with E-state index in [0.29, 0.717) is 17.5 Å². The van der Waals surface area contributed by atoms with E-state index in [-0.39, 0.29) is 0 Å². The summed E-state index contributed by atoms with van der Waals surface area (Å²) in [5, 5.41) is 14.6. The molecule has 57 heavy (non-hydrogen) atoms. The van der Waals surface area contributed by atoms with E-state index in [1.54, 1.807) is 0 Å². The summed E-state index contributed by atoms with van der Waals surface area (Å²) in [6.45, 7) is 0. The van der Waals surface area contributed by atoms with Crippen LogP contribution in [0.3, 0.4) is 0 Å². The first kappa shape index (κ1) is 31.6. The summed E-state index contributed by atoms with van der Waals surface area (Å²) >= 11 is 0.